The van der Waals surface area contributed by atoms with Gasteiger partial charge in [-0.25, -0.2) is 9.79 Å². The molecular weight excluding hydrogens is 504 g/mol. The van der Waals surface area contributed by atoms with E-state index < -0.39 is 0 Å². The molecule has 0 unspecified atom stereocenters. The zero-order valence-electron chi connectivity index (χ0n) is 10.7. The summed E-state index contributed by atoms with van der Waals surface area (Å²) in [5, 5.41) is 11.7. The molecule has 106 valence electrons. The van der Waals surface area contributed by atoms with Gasteiger partial charge in [0.15, 0.2) is 11.4 Å². The van der Waals surface area contributed by atoms with Crippen molar-refractivity contribution in [2.45, 2.75) is 6.92 Å². The smallest absolute Gasteiger partial charge is 0.338 e. The molecule has 0 spiro atoms. The summed E-state index contributed by atoms with van der Waals surface area (Å²) in [5.74, 6) is -0.348. The summed E-state index contributed by atoms with van der Waals surface area (Å²) in [5.41, 5.74) is 1.23. The molecule has 1 N–H and O–H groups in total. The van der Waals surface area contributed by atoms with Crippen LogP contribution in [0.3, 0.4) is 0 Å². The van der Waals surface area contributed by atoms with Gasteiger partial charge in [0.2, 0.25) is 0 Å². The van der Waals surface area contributed by atoms with Crippen LogP contribution in [0.15, 0.2) is 17.1 Å². The Hall–Kier alpha value is -0.540. The van der Waals surface area contributed by atoms with Crippen LogP contribution in [0.1, 0.15) is 17.3 Å². The highest BCUT2D eigenvalue weighted by atomic mass is 127. The van der Waals surface area contributed by atoms with Crippen LogP contribution in [0.4, 0.5) is 5.69 Å². The number of nitriles is 1. The Labute approximate surface area is 148 Å². The van der Waals surface area contributed by atoms with Gasteiger partial charge in [0, 0.05) is 7.14 Å². The highest BCUT2D eigenvalue weighted by molar-refractivity contribution is 14.1. The van der Waals surface area contributed by atoms with Crippen LogP contribution in [0, 0.1) is 18.6 Å². The molecule has 1 rings (SSSR count). The van der Waals surface area contributed by atoms with E-state index in [2.05, 4.69) is 55.5 Å². The second kappa shape index (κ2) is 8.68. The van der Waals surface area contributed by atoms with Crippen LogP contribution < -0.4 is 5.32 Å². The maximum atomic E-state index is 11.7. The van der Waals surface area contributed by atoms with Gasteiger partial charge in [0.1, 0.15) is 0 Å². The van der Waals surface area contributed by atoms with Crippen LogP contribution in [0.5, 0.6) is 0 Å². The van der Waals surface area contributed by atoms with Crippen LogP contribution in [-0.4, -0.2) is 24.0 Å². The van der Waals surface area contributed by atoms with E-state index in [0.29, 0.717) is 17.3 Å². The highest BCUT2D eigenvalue weighted by Gasteiger charge is 2.13. The lowest BCUT2D eigenvalue weighted by Gasteiger charge is -2.08. The summed E-state index contributed by atoms with van der Waals surface area (Å²) in [4.78, 5) is 16.1. The standard InChI is InChI=1S/C12H11I2N3O2S/c1-3-19-11(18)7-4-8(13)10(9(14)5-7)17-12(20-2)16-6-15/h4-5H,3H2,1-2H3,(H,16,17). The molecule has 0 amide bonds. The molecule has 5 nitrogen and oxygen atoms in total. The Balaban J connectivity index is 3.19. The van der Waals surface area contributed by atoms with Crippen molar-refractivity contribution in [2.24, 2.45) is 4.99 Å². The summed E-state index contributed by atoms with van der Waals surface area (Å²) >= 11 is 5.57. The zero-order chi connectivity index (χ0) is 15.1. The zero-order valence-corrected chi connectivity index (χ0v) is 15.9. The number of benzene rings is 1. The van der Waals surface area contributed by atoms with Gasteiger partial charge in [0.05, 0.1) is 17.9 Å². The van der Waals surface area contributed by atoms with Crippen LogP contribution in [0.25, 0.3) is 0 Å². The molecule has 0 aromatic heterocycles. The number of carbonyl (C=O) groups excluding carboxylic acids is 1. The molecule has 0 bridgehead atoms. The van der Waals surface area contributed by atoms with Gasteiger partial charge in [-0.15, -0.1) is 0 Å². The number of hydrogen-bond acceptors (Lipinski definition) is 5. The summed E-state index contributed by atoms with van der Waals surface area (Å²) in [6, 6.07) is 3.45. The van der Waals surface area contributed by atoms with Crippen molar-refractivity contribution < 1.29 is 9.53 Å². The van der Waals surface area contributed by atoms with Gasteiger partial charge in [-0.05, 0) is 70.5 Å². The first-order valence-corrected chi connectivity index (χ1v) is 8.85. The van der Waals surface area contributed by atoms with E-state index >= 15 is 0 Å². The first kappa shape index (κ1) is 17.5. The predicted molar refractivity (Wildman–Crippen MR) is 97.2 cm³/mol. The number of thioether (sulfide) groups is 1. The lowest BCUT2D eigenvalue weighted by Crippen LogP contribution is -2.13. The third-order valence-electron chi connectivity index (χ3n) is 2.10. The number of amidine groups is 1. The number of ether oxygens (including phenoxy) is 1. The van der Waals surface area contributed by atoms with E-state index in [0.717, 1.165) is 12.8 Å². The summed E-state index contributed by atoms with van der Waals surface area (Å²) in [6.45, 7) is 2.11. The van der Waals surface area contributed by atoms with Gasteiger partial charge in [-0.2, -0.15) is 5.26 Å². The Kier molecular flexibility index (Phi) is 7.60. The number of esters is 1. The fraction of sp³-hybridized carbons (Fsp3) is 0.250. The van der Waals surface area contributed by atoms with Crippen molar-refractivity contribution in [2.75, 3.05) is 12.9 Å². The van der Waals surface area contributed by atoms with E-state index in [9.17, 15) is 4.79 Å². The van der Waals surface area contributed by atoms with Crippen molar-refractivity contribution in [3.05, 3.63) is 24.8 Å². The number of hydrogen-bond donors (Lipinski definition) is 1. The van der Waals surface area contributed by atoms with Crippen LogP contribution in [-0.2, 0) is 4.74 Å². The number of nitrogens with zero attached hydrogens (tertiary/aromatic N) is 2. The second-order valence-electron chi connectivity index (χ2n) is 3.37. The van der Waals surface area contributed by atoms with Crippen LogP contribution in [0.2, 0.25) is 0 Å². The predicted octanol–water partition coefficient (Wildman–Crippen LogP) is 3.49. The van der Waals surface area contributed by atoms with Crippen molar-refractivity contribution in [1.29, 1.82) is 5.26 Å². The molecule has 1 aromatic carbocycles. The SMILES string of the molecule is CCOC(=O)c1cc(I)c(N=C(NC#N)SC)c(I)c1. The fourth-order valence-corrected chi connectivity index (χ4v) is 3.62. The monoisotopic (exact) mass is 515 g/mol. The van der Waals surface area contributed by atoms with Gasteiger partial charge in [-0.3, -0.25) is 5.32 Å². The van der Waals surface area contributed by atoms with Crippen molar-refractivity contribution >= 4 is 73.8 Å². The van der Waals surface area contributed by atoms with Gasteiger partial charge >= 0.3 is 5.97 Å². The lowest BCUT2D eigenvalue weighted by molar-refractivity contribution is 0.0526. The van der Waals surface area contributed by atoms with E-state index in [4.69, 9.17) is 10.00 Å². The first-order valence-electron chi connectivity index (χ1n) is 5.47. The molecule has 0 atom stereocenters. The molecule has 8 heteroatoms. The van der Waals surface area contributed by atoms with E-state index in [1.807, 2.05) is 12.4 Å². The fourth-order valence-electron chi connectivity index (χ4n) is 1.28. The van der Waals surface area contributed by atoms with Crippen LogP contribution >= 0.6 is 56.9 Å². The van der Waals surface area contributed by atoms with Crippen molar-refractivity contribution in [3.8, 4) is 6.19 Å². The summed E-state index contributed by atoms with van der Waals surface area (Å²) in [7, 11) is 0. The number of nitrogens with one attached hydrogen (secondary N) is 1. The first-order chi connectivity index (χ1) is 9.53. The van der Waals surface area contributed by atoms with E-state index in [-0.39, 0.29) is 5.97 Å². The molecule has 0 aliphatic heterocycles. The molecule has 0 radical (unpaired) electrons. The normalized spacial score (nSPS) is 10.8. The van der Waals surface area contributed by atoms with Gasteiger partial charge in [-0.1, -0.05) is 11.8 Å². The van der Waals surface area contributed by atoms with Crippen molar-refractivity contribution in [1.82, 2.24) is 5.32 Å². The second-order valence-corrected chi connectivity index (χ2v) is 6.49. The Morgan fingerprint density at radius 1 is 1.50 bits per heavy atom. The Bertz CT molecular complexity index is 562. The minimum Gasteiger partial charge on any atom is -0.462 e. The molecule has 0 aliphatic carbocycles. The molecule has 1 aromatic rings. The highest BCUT2D eigenvalue weighted by Crippen LogP contribution is 2.30. The Morgan fingerprint density at radius 3 is 2.55 bits per heavy atom. The Morgan fingerprint density at radius 2 is 2.10 bits per heavy atom. The average Bonchev–Trinajstić information content (AvgIpc) is 2.41. The van der Waals surface area contributed by atoms with Gasteiger partial charge in [0.25, 0.3) is 0 Å². The van der Waals surface area contributed by atoms with E-state index in [1.54, 1.807) is 19.1 Å². The molecule has 20 heavy (non-hydrogen) atoms. The third kappa shape index (κ3) is 4.78. The summed E-state index contributed by atoms with van der Waals surface area (Å²) in [6.07, 6.45) is 3.67. The molecule has 0 saturated carbocycles. The maximum absolute atomic E-state index is 11.7. The largest absolute Gasteiger partial charge is 0.462 e. The van der Waals surface area contributed by atoms with Crippen molar-refractivity contribution in [3.63, 3.8) is 0 Å². The molecule has 0 saturated heterocycles. The average molecular weight is 515 g/mol. The van der Waals surface area contributed by atoms with Gasteiger partial charge < -0.3 is 4.74 Å². The number of aliphatic imine (C=N–C) groups is 1. The molecule has 0 aliphatic rings. The minimum atomic E-state index is -0.348. The summed E-state index contributed by atoms with van der Waals surface area (Å²) < 4.78 is 6.62. The number of rotatable bonds is 3. The maximum Gasteiger partial charge on any atom is 0.338 e. The number of carbonyl (C=O) groups is 1. The topological polar surface area (TPSA) is 74.5 Å². The number of halogens is 2. The van der Waals surface area contributed by atoms with E-state index in [1.165, 1.54) is 11.8 Å². The minimum absolute atomic E-state index is 0.342. The molecule has 0 fully saturated rings. The molecule has 0 heterocycles. The quantitative estimate of drug-likeness (QED) is 0.167. The lowest BCUT2D eigenvalue weighted by atomic mass is 10.2. The molecular formula is C12H11I2N3O2S. The third-order valence-corrected chi connectivity index (χ3v) is 4.32.